The van der Waals surface area contributed by atoms with E-state index in [4.69, 9.17) is 14.2 Å². The first-order chi connectivity index (χ1) is 16.1. The van der Waals surface area contributed by atoms with Gasteiger partial charge in [0.15, 0.2) is 6.10 Å². The van der Waals surface area contributed by atoms with E-state index in [2.05, 4.69) is 39.8 Å². The second-order valence-corrected chi connectivity index (χ2v) is 8.74. The second kappa shape index (κ2) is 9.39. The maximum atomic E-state index is 12.6. The van der Waals surface area contributed by atoms with Gasteiger partial charge < -0.3 is 24.4 Å². The van der Waals surface area contributed by atoms with E-state index in [0.29, 0.717) is 13.2 Å². The Morgan fingerprint density at radius 1 is 0.970 bits per heavy atom. The number of rotatable bonds is 6. The van der Waals surface area contributed by atoms with Crippen LogP contribution < -0.4 is 15.5 Å². The summed E-state index contributed by atoms with van der Waals surface area (Å²) in [4.78, 5) is 14.7. The molecule has 0 bridgehead atoms. The van der Waals surface area contributed by atoms with Crippen molar-refractivity contribution in [1.82, 2.24) is 5.32 Å². The van der Waals surface area contributed by atoms with E-state index in [0.717, 1.165) is 23.0 Å². The second-order valence-electron chi connectivity index (χ2n) is 8.74. The van der Waals surface area contributed by atoms with Gasteiger partial charge >= 0.3 is 6.09 Å². The number of nitrogens with zero attached hydrogens (tertiary/aromatic N) is 1. The van der Waals surface area contributed by atoms with Crippen molar-refractivity contribution in [3.63, 3.8) is 0 Å². The normalized spacial score (nSPS) is 23.9. The molecule has 0 radical (unpaired) electrons. The van der Waals surface area contributed by atoms with Crippen LogP contribution in [0.15, 0.2) is 66.7 Å². The third-order valence-electron chi connectivity index (χ3n) is 6.31. The Labute approximate surface area is 193 Å². The predicted octanol–water partition coefficient (Wildman–Crippen LogP) is 3.78. The number of carbonyl (C=O) groups is 1. The highest BCUT2D eigenvalue weighted by molar-refractivity contribution is 6.00. The van der Waals surface area contributed by atoms with Crippen LogP contribution in [0.1, 0.15) is 5.56 Å². The van der Waals surface area contributed by atoms with Crippen LogP contribution in [-0.2, 0) is 20.8 Å². The Morgan fingerprint density at radius 3 is 2.55 bits per heavy atom. The lowest BCUT2D eigenvalue weighted by Gasteiger charge is -2.18. The van der Waals surface area contributed by atoms with Gasteiger partial charge in [-0.3, -0.25) is 5.32 Å². The summed E-state index contributed by atoms with van der Waals surface area (Å²) >= 11 is 0. The quantitative estimate of drug-likeness (QED) is 0.599. The number of hydrogen-bond acceptors (Lipinski definition) is 6. The zero-order valence-corrected chi connectivity index (χ0v) is 18.9. The van der Waals surface area contributed by atoms with Gasteiger partial charge in [0, 0.05) is 31.7 Å². The molecule has 172 valence electrons. The van der Waals surface area contributed by atoms with Crippen LogP contribution in [-0.4, -0.2) is 57.8 Å². The molecule has 2 saturated heterocycles. The minimum Gasteiger partial charge on any atom is -0.441 e. The lowest BCUT2D eigenvalue weighted by Crippen LogP contribution is -2.41. The number of fused-ring (bicyclic) bond motifs is 2. The van der Waals surface area contributed by atoms with Crippen molar-refractivity contribution < 1.29 is 19.0 Å². The molecule has 7 heteroatoms. The number of amides is 1. The van der Waals surface area contributed by atoms with Crippen LogP contribution in [0.25, 0.3) is 10.8 Å². The van der Waals surface area contributed by atoms with Gasteiger partial charge in [0.25, 0.3) is 0 Å². The van der Waals surface area contributed by atoms with E-state index >= 15 is 0 Å². The Morgan fingerprint density at radius 2 is 1.73 bits per heavy atom. The van der Waals surface area contributed by atoms with Gasteiger partial charge in [0.1, 0.15) is 12.2 Å². The van der Waals surface area contributed by atoms with Crippen LogP contribution in [0.2, 0.25) is 0 Å². The summed E-state index contributed by atoms with van der Waals surface area (Å²) in [6, 6.07) is 22.2. The largest absolute Gasteiger partial charge is 0.441 e. The van der Waals surface area contributed by atoms with Crippen LogP contribution in [0.3, 0.4) is 0 Å². The average Bonchev–Trinajstić information content (AvgIpc) is 3.41. The maximum absolute atomic E-state index is 12.6. The molecule has 2 heterocycles. The lowest BCUT2D eigenvalue weighted by molar-refractivity contribution is 0.00855. The number of hydrogen-bond donors (Lipinski definition) is 2. The summed E-state index contributed by atoms with van der Waals surface area (Å²) in [5, 5.41) is 8.43. The van der Waals surface area contributed by atoms with Gasteiger partial charge in [0.05, 0.1) is 24.9 Å². The van der Waals surface area contributed by atoms with Gasteiger partial charge in [-0.05, 0) is 29.1 Å². The molecule has 1 amide bonds. The monoisotopic (exact) mass is 447 g/mol. The fraction of sp³-hybridized carbons (Fsp3) is 0.346. The Kier molecular flexibility index (Phi) is 6.17. The highest BCUT2D eigenvalue weighted by atomic mass is 16.6. The zero-order chi connectivity index (χ0) is 22.8. The molecule has 3 aromatic carbocycles. The van der Waals surface area contributed by atoms with E-state index < -0.39 is 12.2 Å². The number of ether oxygens (including phenoxy) is 3. The fourth-order valence-corrected chi connectivity index (χ4v) is 4.51. The van der Waals surface area contributed by atoms with Gasteiger partial charge in [-0.1, -0.05) is 48.5 Å². The third kappa shape index (κ3) is 4.66. The SMILES string of the molecule is CN(C)c1ccc(CN[C@@H]2CO[C@@H]3[C@@H]2OC[C@H]3OC(=O)Nc2cccc3ccccc23)cc1. The van der Waals surface area contributed by atoms with Gasteiger partial charge in [-0.2, -0.15) is 0 Å². The standard InChI is InChI=1S/C26H29N3O4/c1-29(2)19-12-10-17(11-13-19)14-27-22-15-31-25-23(16-32-24(22)25)33-26(30)28-21-9-5-7-18-6-3-4-8-20(18)21/h3-13,22-25,27H,14-16H2,1-2H3,(H,28,30)/t22-,23-,24-,25+/m1/s1. The molecule has 0 spiro atoms. The first-order valence-electron chi connectivity index (χ1n) is 11.3. The van der Waals surface area contributed by atoms with Crippen molar-refractivity contribution in [3.8, 4) is 0 Å². The van der Waals surface area contributed by atoms with E-state index in [1.807, 2.05) is 56.6 Å². The van der Waals surface area contributed by atoms with E-state index in [-0.39, 0.29) is 18.2 Å². The zero-order valence-electron chi connectivity index (χ0n) is 18.9. The molecule has 2 fully saturated rings. The highest BCUT2D eigenvalue weighted by Crippen LogP contribution is 2.30. The summed E-state index contributed by atoms with van der Waals surface area (Å²) < 4.78 is 17.6. The maximum Gasteiger partial charge on any atom is 0.412 e. The van der Waals surface area contributed by atoms with Crippen LogP contribution in [0.5, 0.6) is 0 Å². The molecule has 2 N–H and O–H groups in total. The topological polar surface area (TPSA) is 72.1 Å². The first kappa shape index (κ1) is 21.7. The Bertz CT molecular complexity index is 1110. The molecule has 5 rings (SSSR count). The van der Waals surface area contributed by atoms with Crippen molar-refractivity contribution in [3.05, 3.63) is 72.3 Å². The lowest BCUT2D eigenvalue weighted by atomic mass is 10.1. The minimum absolute atomic E-state index is 0.0539. The van der Waals surface area contributed by atoms with E-state index in [1.165, 1.54) is 11.3 Å². The van der Waals surface area contributed by atoms with Crippen LogP contribution in [0.4, 0.5) is 16.2 Å². The van der Waals surface area contributed by atoms with E-state index in [9.17, 15) is 4.79 Å². The molecule has 33 heavy (non-hydrogen) atoms. The molecule has 3 aromatic rings. The Hall–Kier alpha value is -3.13. The molecule has 0 aliphatic carbocycles. The number of carbonyl (C=O) groups excluding carboxylic acids is 1. The molecular formula is C26H29N3O4. The van der Waals surface area contributed by atoms with Gasteiger partial charge in [0.2, 0.25) is 0 Å². The first-order valence-corrected chi connectivity index (χ1v) is 11.3. The molecule has 0 saturated carbocycles. The molecular weight excluding hydrogens is 418 g/mol. The number of nitrogens with one attached hydrogen (secondary N) is 2. The summed E-state index contributed by atoms with van der Waals surface area (Å²) in [5.41, 5.74) is 3.09. The minimum atomic E-state index is -0.499. The van der Waals surface area contributed by atoms with Gasteiger partial charge in [-0.15, -0.1) is 0 Å². The molecule has 4 atom stereocenters. The molecule has 0 aromatic heterocycles. The molecule has 2 aliphatic rings. The molecule has 0 unspecified atom stereocenters. The summed E-state index contributed by atoms with van der Waals surface area (Å²) in [6.45, 7) is 1.57. The van der Waals surface area contributed by atoms with Crippen molar-refractivity contribution in [1.29, 1.82) is 0 Å². The summed E-state index contributed by atoms with van der Waals surface area (Å²) in [6.07, 6.45) is -1.34. The van der Waals surface area contributed by atoms with Crippen molar-refractivity contribution in [2.45, 2.75) is 30.9 Å². The predicted molar refractivity (Wildman–Crippen MR) is 129 cm³/mol. The summed E-state index contributed by atoms with van der Waals surface area (Å²) in [7, 11) is 4.06. The van der Waals surface area contributed by atoms with Crippen molar-refractivity contribution in [2.24, 2.45) is 0 Å². The Balaban J connectivity index is 1.15. The number of benzene rings is 3. The highest BCUT2D eigenvalue weighted by Gasteiger charge is 2.49. The van der Waals surface area contributed by atoms with Crippen molar-refractivity contribution in [2.75, 3.05) is 37.5 Å². The smallest absolute Gasteiger partial charge is 0.412 e. The fourth-order valence-electron chi connectivity index (χ4n) is 4.51. The molecule has 2 aliphatic heterocycles. The average molecular weight is 448 g/mol. The third-order valence-corrected chi connectivity index (χ3v) is 6.31. The van der Waals surface area contributed by atoms with Crippen LogP contribution >= 0.6 is 0 Å². The van der Waals surface area contributed by atoms with Gasteiger partial charge in [-0.25, -0.2) is 4.79 Å². The number of anilines is 2. The van der Waals surface area contributed by atoms with E-state index in [1.54, 1.807) is 0 Å². The van der Waals surface area contributed by atoms with Crippen LogP contribution in [0, 0.1) is 0 Å². The molecule has 7 nitrogen and oxygen atoms in total. The summed E-state index contributed by atoms with van der Waals surface area (Å²) in [5.74, 6) is 0. The van der Waals surface area contributed by atoms with Crippen molar-refractivity contribution >= 4 is 28.2 Å².